The fourth-order valence-electron chi connectivity index (χ4n) is 2.90. The molecule has 1 aliphatic carbocycles. The Hall–Kier alpha value is -1.17. The Morgan fingerprint density at radius 3 is 2.47 bits per heavy atom. The molecule has 3 heteroatoms. The van der Waals surface area contributed by atoms with Crippen molar-refractivity contribution in [1.29, 1.82) is 5.26 Å². The lowest BCUT2D eigenvalue weighted by Gasteiger charge is -2.51. The van der Waals surface area contributed by atoms with Crippen LogP contribution in [0.3, 0.4) is 0 Å². The summed E-state index contributed by atoms with van der Waals surface area (Å²) < 4.78 is 0. The fraction of sp³-hybridized carbons (Fsp3) is 0.786. The van der Waals surface area contributed by atoms with E-state index in [9.17, 15) is 9.59 Å². The Labute approximate surface area is 103 Å². The first-order chi connectivity index (χ1) is 7.88. The van der Waals surface area contributed by atoms with Crippen LogP contribution in [-0.4, -0.2) is 11.6 Å². The van der Waals surface area contributed by atoms with E-state index < -0.39 is 0 Å². The van der Waals surface area contributed by atoms with Crippen LogP contribution in [0.25, 0.3) is 0 Å². The summed E-state index contributed by atoms with van der Waals surface area (Å²) >= 11 is 0. The summed E-state index contributed by atoms with van der Waals surface area (Å²) in [5.41, 5.74) is 0.169. The number of hydrogen-bond acceptors (Lipinski definition) is 3. The average molecular weight is 235 g/mol. The summed E-state index contributed by atoms with van der Waals surface area (Å²) in [6, 6.07) is 2.01. The van der Waals surface area contributed by atoms with Gasteiger partial charge in [-0.25, -0.2) is 0 Å². The van der Waals surface area contributed by atoms with Crippen LogP contribution < -0.4 is 0 Å². The first kappa shape index (κ1) is 13.9. The van der Waals surface area contributed by atoms with Crippen LogP contribution in [0, 0.1) is 28.6 Å². The third-order valence-corrected chi connectivity index (χ3v) is 3.94. The zero-order valence-electron chi connectivity index (χ0n) is 11.0. The summed E-state index contributed by atoms with van der Waals surface area (Å²) in [5, 5.41) is 8.49. The number of Topliss-reactive ketones (excluding diaryl/α,β-unsaturated/α-hetero) is 2. The topological polar surface area (TPSA) is 57.9 Å². The number of rotatable bonds is 6. The maximum Gasteiger partial charge on any atom is 0.137 e. The third-order valence-electron chi connectivity index (χ3n) is 3.94. The number of carbonyl (C=O) groups is 2. The van der Waals surface area contributed by atoms with Gasteiger partial charge in [0.25, 0.3) is 0 Å². The molecule has 0 amide bonds. The molecule has 1 fully saturated rings. The molecule has 2 atom stereocenters. The lowest BCUT2D eigenvalue weighted by Crippen LogP contribution is -2.47. The second kappa shape index (κ2) is 5.44. The van der Waals surface area contributed by atoms with Crippen molar-refractivity contribution < 1.29 is 9.59 Å². The van der Waals surface area contributed by atoms with E-state index in [2.05, 4.69) is 13.8 Å². The zero-order valence-corrected chi connectivity index (χ0v) is 11.0. The van der Waals surface area contributed by atoms with Gasteiger partial charge < -0.3 is 4.79 Å². The molecule has 0 heterocycles. The monoisotopic (exact) mass is 235 g/mol. The van der Waals surface area contributed by atoms with Crippen LogP contribution >= 0.6 is 0 Å². The van der Waals surface area contributed by atoms with Crippen molar-refractivity contribution in [3.8, 4) is 6.07 Å². The SMILES string of the molecule is CC(=O)CC[C@@H]1[C@@H](C(=O)CCC#N)CC1(C)C. The van der Waals surface area contributed by atoms with Crippen molar-refractivity contribution >= 4 is 11.6 Å². The number of nitrogens with zero attached hydrogens (tertiary/aromatic N) is 1. The van der Waals surface area contributed by atoms with Crippen LogP contribution in [0.5, 0.6) is 0 Å². The van der Waals surface area contributed by atoms with Gasteiger partial charge in [-0.3, -0.25) is 4.79 Å². The maximum atomic E-state index is 11.9. The van der Waals surface area contributed by atoms with Crippen LogP contribution in [0.1, 0.15) is 52.9 Å². The quantitative estimate of drug-likeness (QED) is 0.711. The minimum absolute atomic E-state index is 0.0812. The van der Waals surface area contributed by atoms with E-state index in [1.807, 2.05) is 6.07 Å². The van der Waals surface area contributed by atoms with Gasteiger partial charge in [-0.2, -0.15) is 5.26 Å². The number of hydrogen-bond donors (Lipinski definition) is 0. The molecule has 94 valence electrons. The molecule has 0 bridgehead atoms. The van der Waals surface area contributed by atoms with E-state index in [0.29, 0.717) is 25.2 Å². The standard InChI is InChI=1S/C14H21NO2/c1-10(16)6-7-12-11(9-14(12,2)3)13(17)5-4-8-15/h11-12H,4-7,9H2,1-3H3/t11-,12+/m0/s1. The van der Waals surface area contributed by atoms with E-state index in [1.165, 1.54) is 0 Å². The first-order valence-corrected chi connectivity index (χ1v) is 6.27. The molecule has 0 unspecified atom stereocenters. The second-order valence-electron chi connectivity index (χ2n) is 5.77. The van der Waals surface area contributed by atoms with Crippen molar-refractivity contribution in [3.63, 3.8) is 0 Å². The largest absolute Gasteiger partial charge is 0.300 e. The highest BCUT2D eigenvalue weighted by atomic mass is 16.1. The molecule has 0 spiro atoms. The Kier molecular flexibility index (Phi) is 4.45. The molecule has 17 heavy (non-hydrogen) atoms. The molecule has 0 radical (unpaired) electrons. The van der Waals surface area contributed by atoms with Gasteiger partial charge in [-0.15, -0.1) is 0 Å². The van der Waals surface area contributed by atoms with Gasteiger partial charge in [-0.05, 0) is 31.1 Å². The number of nitriles is 1. The highest BCUT2D eigenvalue weighted by Crippen LogP contribution is 2.53. The molecule has 3 nitrogen and oxygen atoms in total. The normalized spacial score (nSPS) is 25.8. The van der Waals surface area contributed by atoms with Crippen molar-refractivity contribution in [1.82, 2.24) is 0 Å². The smallest absolute Gasteiger partial charge is 0.137 e. The van der Waals surface area contributed by atoms with Gasteiger partial charge in [0.05, 0.1) is 6.07 Å². The lowest BCUT2D eigenvalue weighted by atomic mass is 9.53. The molecule has 0 aliphatic heterocycles. The predicted molar refractivity (Wildman–Crippen MR) is 65.1 cm³/mol. The van der Waals surface area contributed by atoms with Crippen molar-refractivity contribution in [2.45, 2.75) is 52.9 Å². The van der Waals surface area contributed by atoms with Crippen LogP contribution in [-0.2, 0) is 9.59 Å². The lowest BCUT2D eigenvalue weighted by molar-refractivity contribution is -0.138. The Morgan fingerprint density at radius 2 is 2.00 bits per heavy atom. The Bertz CT molecular complexity index is 352. The summed E-state index contributed by atoms with van der Waals surface area (Å²) in [7, 11) is 0. The fourth-order valence-corrected chi connectivity index (χ4v) is 2.90. The van der Waals surface area contributed by atoms with Gasteiger partial charge >= 0.3 is 0 Å². The van der Waals surface area contributed by atoms with Gasteiger partial charge in [0.1, 0.15) is 11.6 Å². The maximum absolute atomic E-state index is 11.9. The van der Waals surface area contributed by atoms with Crippen LogP contribution in [0.4, 0.5) is 0 Å². The Morgan fingerprint density at radius 1 is 1.35 bits per heavy atom. The van der Waals surface area contributed by atoms with Crippen molar-refractivity contribution in [2.24, 2.45) is 17.3 Å². The molecule has 1 rings (SSSR count). The van der Waals surface area contributed by atoms with E-state index in [-0.39, 0.29) is 22.9 Å². The highest BCUT2D eigenvalue weighted by Gasteiger charge is 2.49. The Balaban J connectivity index is 2.54. The van der Waals surface area contributed by atoms with Gasteiger partial charge in [0.15, 0.2) is 0 Å². The summed E-state index contributed by atoms with van der Waals surface area (Å²) in [6.45, 7) is 5.91. The molecule has 0 aromatic carbocycles. The first-order valence-electron chi connectivity index (χ1n) is 6.27. The van der Waals surface area contributed by atoms with Gasteiger partial charge in [0, 0.05) is 25.2 Å². The van der Waals surface area contributed by atoms with Crippen LogP contribution in [0.15, 0.2) is 0 Å². The average Bonchev–Trinajstić information content (AvgIpc) is 2.22. The van der Waals surface area contributed by atoms with Gasteiger partial charge in [0.2, 0.25) is 0 Å². The number of ketones is 2. The molecular formula is C14H21NO2. The highest BCUT2D eigenvalue weighted by molar-refractivity contribution is 5.83. The van der Waals surface area contributed by atoms with E-state index in [1.54, 1.807) is 6.92 Å². The minimum Gasteiger partial charge on any atom is -0.300 e. The van der Waals surface area contributed by atoms with Crippen molar-refractivity contribution in [3.05, 3.63) is 0 Å². The molecule has 0 aromatic heterocycles. The third kappa shape index (κ3) is 3.39. The molecule has 0 N–H and O–H groups in total. The summed E-state index contributed by atoms with van der Waals surface area (Å²) in [6.07, 6.45) is 2.96. The summed E-state index contributed by atoms with van der Waals surface area (Å²) in [5.74, 6) is 0.797. The summed E-state index contributed by atoms with van der Waals surface area (Å²) in [4.78, 5) is 22.9. The van der Waals surface area contributed by atoms with Gasteiger partial charge in [-0.1, -0.05) is 13.8 Å². The molecule has 1 saturated carbocycles. The van der Waals surface area contributed by atoms with E-state index >= 15 is 0 Å². The molecule has 0 saturated heterocycles. The number of carbonyl (C=O) groups excluding carboxylic acids is 2. The predicted octanol–water partition coefficient (Wildman–Crippen LogP) is 2.89. The van der Waals surface area contributed by atoms with Crippen molar-refractivity contribution in [2.75, 3.05) is 0 Å². The zero-order chi connectivity index (χ0) is 13.1. The second-order valence-corrected chi connectivity index (χ2v) is 5.77. The van der Waals surface area contributed by atoms with Crippen LogP contribution in [0.2, 0.25) is 0 Å². The molecular weight excluding hydrogens is 214 g/mol. The molecule has 0 aromatic rings. The van der Waals surface area contributed by atoms with E-state index in [0.717, 1.165) is 12.8 Å². The minimum atomic E-state index is 0.0812. The molecule has 1 aliphatic rings. The van der Waals surface area contributed by atoms with E-state index in [4.69, 9.17) is 5.26 Å².